The third-order valence-electron chi connectivity index (χ3n) is 4.98. The minimum absolute atomic E-state index is 0.126. The van der Waals surface area contributed by atoms with Crippen molar-refractivity contribution in [2.45, 2.75) is 30.6 Å². The topological polar surface area (TPSA) is 110 Å². The number of esters is 2. The SMILES string of the molecule is O=C(Oc1cc(I)c(S(=O)(=O)[O-])c(I)c1)C1CCCCC1C(=O)Oc1c(I)cc(I)cc1I. The Balaban J connectivity index is 1.80. The molecule has 0 radical (unpaired) electrons. The van der Waals surface area contributed by atoms with Crippen molar-refractivity contribution in [3.63, 3.8) is 0 Å². The van der Waals surface area contributed by atoms with Crippen LogP contribution in [0.15, 0.2) is 29.2 Å². The van der Waals surface area contributed by atoms with E-state index in [4.69, 9.17) is 9.47 Å². The van der Waals surface area contributed by atoms with Gasteiger partial charge < -0.3 is 14.0 Å². The van der Waals surface area contributed by atoms with Crippen molar-refractivity contribution in [2.75, 3.05) is 0 Å². The lowest BCUT2D eigenvalue weighted by molar-refractivity contribution is -0.152. The standard InChI is InChI=1S/C20H15I5O7S/c21-9-5-13(22)17(14(23)6-9)32-20(27)12-4-2-1-3-11(12)19(26)31-10-7-15(24)18(16(25)8-10)33(28,29)30/h5-8,11-12H,1-4H2,(H,28,29,30)/p-1. The molecule has 0 saturated heterocycles. The van der Waals surface area contributed by atoms with Crippen LogP contribution in [-0.2, 0) is 19.7 Å². The van der Waals surface area contributed by atoms with Gasteiger partial charge in [0.2, 0.25) is 0 Å². The molecule has 1 saturated carbocycles. The van der Waals surface area contributed by atoms with Crippen molar-refractivity contribution < 1.29 is 32.0 Å². The minimum atomic E-state index is -4.66. The normalized spacial score (nSPS) is 18.6. The van der Waals surface area contributed by atoms with Crippen molar-refractivity contribution in [2.24, 2.45) is 11.8 Å². The Morgan fingerprint density at radius 3 is 1.70 bits per heavy atom. The van der Waals surface area contributed by atoms with Gasteiger partial charge in [0.15, 0.2) is 5.75 Å². The van der Waals surface area contributed by atoms with Crippen molar-refractivity contribution in [1.82, 2.24) is 0 Å². The molecule has 2 unspecified atom stereocenters. The van der Waals surface area contributed by atoms with Gasteiger partial charge in [0.1, 0.15) is 15.9 Å². The zero-order valence-corrected chi connectivity index (χ0v) is 28.1. The highest BCUT2D eigenvalue weighted by Crippen LogP contribution is 2.36. The summed E-state index contributed by atoms with van der Waals surface area (Å²) in [7, 11) is -4.66. The van der Waals surface area contributed by atoms with Crippen LogP contribution >= 0.6 is 113 Å². The smallest absolute Gasteiger partial charge is 0.315 e. The van der Waals surface area contributed by atoms with Crippen LogP contribution in [0.2, 0.25) is 0 Å². The molecule has 3 rings (SSSR count). The predicted octanol–water partition coefficient (Wildman–Crippen LogP) is 5.93. The molecule has 0 amide bonds. The maximum absolute atomic E-state index is 13.0. The van der Waals surface area contributed by atoms with Crippen LogP contribution in [0.1, 0.15) is 25.7 Å². The maximum Gasteiger partial charge on any atom is 0.315 e. The van der Waals surface area contributed by atoms with Crippen LogP contribution in [0.5, 0.6) is 11.5 Å². The number of carbonyl (C=O) groups excluding carboxylic acids is 2. The highest BCUT2D eigenvalue weighted by molar-refractivity contribution is 14.1. The Morgan fingerprint density at radius 2 is 1.24 bits per heavy atom. The number of hydrogen-bond acceptors (Lipinski definition) is 7. The molecule has 13 heteroatoms. The van der Waals surface area contributed by atoms with E-state index in [1.807, 2.05) is 12.1 Å². The van der Waals surface area contributed by atoms with Gasteiger partial charge in [-0.1, -0.05) is 12.8 Å². The van der Waals surface area contributed by atoms with E-state index < -0.39 is 33.9 Å². The quantitative estimate of drug-likeness (QED) is 0.158. The maximum atomic E-state index is 13.0. The molecular weight excluding hydrogens is 1020 g/mol. The Bertz CT molecular complexity index is 1170. The Kier molecular flexibility index (Phi) is 10.4. The summed E-state index contributed by atoms with van der Waals surface area (Å²) in [5, 5.41) is 0. The summed E-state index contributed by atoms with van der Waals surface area (Å²) < 4.78 is 48.6. The van der Waals surface area contributed by atoms with Gasteiger partial charge in [-0.3, -0.25) is 9.59 Å². The fourth-order valence-electron chi connectivity index (χ4n) is 3.52. The Morgan fingerprint density at radius 1 is 0.788 bits per heavy atom. The number of halogens is 5. The molecule has 2 atom stereocenters. The molecule has 33 heavy (non-hydrogen) atoms. The Hall–Kier alpha value is 0.940. The summed E-state index contributed by atoms with van der Waals surface area (Å²) in [4.78, 5) is 25.7. The largest absolute Gasteiger partial charge is 0.744 e. The molecule has 0 aliphatic heterocycles. The number of rotatable bonds is 5. The highest BCUT2D eigenvalue weighted by Gasteiger charge is 2.39. The zero-order valence-electron chi connectivity index (χ0n) is 16.4. The van der Waals surface area contributed by atoms with Gasteiger partial charge in [0.05, 0.1) is 23.9 Å². The van der Waals surface area contributed by atoms with Gasteiger partial charge in [-0.05, 0) is 150 Å². The lowest BCUT2D eigenvalue weighted by atomic mass is 9.79. The van der Waals surface area contributed by atoms with Gasteiger partial charge in [0.25, 0.3) is 0 Å². The summed E-state index contributed by atoms with van der Waals surface area (Å²) in [6.07, 6.45) is 2.58. The number of benzene rings is 2. The molecular formula is C20H14I5O7S-. The molecule has 0 heterocycles. The molecule has 7 nitrogen and oxygen atoms in total. The van der Waals surface area contributed by atoms with Crippen molar-refractivity contribution >= 4 is 135 Å². The molecule has 2 aromatic rings. The minimum Gasteiger partial charge on any atom is -0.744 e. The molecule has 0 aromatic heterocycles. The second-order valence-corrected chi connectivity index (χ2v) is 14.4. The van der Waals surface area contributed by atoms with Gasteiger partial charge in [0, 0.05) is 10.7 Å². The molecule has 1 fully saturated rings. The van der Waals surface area contributed by atoms with Crippen molar-refractivity contribution in [3.8, 4) is 11.5 Å². The van der Waals surface area contributed by atoms with E-state index in [2.05, 4.69) is 67.8 Å². The molecule has 0 bridgehead atoms. The van der Waals surface area contributed by atoms with Crippen LogP contribution in [-0.4, -0.2) is 24.9 Å². The molecule has 0 spiro atoms. The van der Waals surface area contributed by atoms with Crippen LogP contribution < -0.4 is 9.47 Å². The van der Waals surface area contributed by atoms with Gasteiger partial charge in [-0.2, -0.15) is 0 Å². The number of carbonyl (C=O) groups is 2. The van der Waals surface area contributed by atoms with Crippen molar-refractivity contribution in [1.29, 1.82) is 0 Å². The lowest BCUT2D eigenvalue weighted by Gasteiger charge is -2.28. The second kappa shape index (κ2) is 12.0. The molecule has 1 aliphatic carbocycles. The third kappa shape index (κ3) is 7.25. The molecule has 178 valence electrons. The summed E-state index contributed by atoms with van der Waals surface area (Å²) in [5.74, 6) is -1.75. The van der Waals surface area contributed by atoms with Crippen LogP contribution in [0.25, 0.3) is 0 Å². The number of ether oxygens (including phenoxy) is 2. The lowest BCUT2D eigenvalue weighted by Crippen LogP contribution is -2.37. The van der Waals surface area contributed by atoms with E-state index >= 15 is 0 Å². The fourth-order valence-corrected chi connectivity index (χ4v) is 11.3. The summed E-state index contributed by atoms with van der Waals surface area (Å²) in [6, 6.07) is 6.48. The molecule has 0 N–H and O–H groups in total. The monoisotopic (exact) mass is 1030 g/mol. The van der Waals surface area contributed by atoms with Crippen molar-refractivity contribution in [3.05, 3.63) is 42.1 Å². The summed E-state index contributed by atoms with van der Waals surface area (Å²) in [6.45, 7) is 0. The second-order valence-electron chi connectivity index (χ2n) is 7.21. The predicted molar refractivity (Wildman–Crippen MR) is 161 cm³/mol. The van der Waals surface area contributed by atoms with Gasteiger partial charge in [-0.15, -0.1) is 0 Å². The van der Waals surface area contributed by atoms with E-state index in [0.717, 1.165) is 23.6 Å². The third-order valence-corrected chi connectivity index (χ3v) is 10.6. The van der Waals surface area contributed by atoms with Gasteiger partial charge >= 0.3 is 11.9 Å². The molecule has 1 aliphatic rings. The van der Waals surface area contributed by atoms with E-state index in [1.54, 1.807) is 45.2 Å². The fraction of sp³-hybridized carbons (Fsp3) is 0.300. The number of hydrogen-bond donors (Lipinski definition) is 0. The average Bonchev–Trinajstić information content (AvgIpc) is 2.68. The van der Waals surface area contributed by atoms with E-state index in [1.165, 1.54) is 12.1 Å². The van der Waals surface area contributed by atoms with E-state index in [0.29, 0.717) is 18.6 Å². The van der Waals surface area contributed by atoms with E-state index in [-0.39, 0.29) is 17.8 Å². The van der Waals surface area contributed by atoms with Crippen LogP contribution in [0.3, 0.4) is 0 Å². The van der Waals surface area contributed by atoms with Crippen LogP contribution in [0, 0.1) is 29.7 Å². The Labute approximate surface area is 259 Å². The average molecular weight is 1030 g/mol. The highest BCUT2D eigenvalue weighted by atomic mass is 127. The van der Waals surface area contributed by atoms with Crippen LogP contribution in [0.4, 0.5) is 0 Å². The summed E-state index contributed by atoms with van der Waals surface area (Å²) >= 11 is 9.88. The van der Waals surface area contributed by atoms with Gasteiger partial charge in [-0.25, -0.2) is 8.42 Å². The molecule has 2 aromatic carbocycles. The first-order valence-electron chi connectivity index (χ1n) is 9.41. The first-order chi connectivity index (χ1) is 15.4. The zero-order chi connectivity index (χ0) is 24.5. The van der Waals surface area contributed by atoms with E-state index in [9.17, 15) is 22.6 Å². The first kappa shape index (κ1) is 28.5. The first-order valence-corrected chi connectivity index (χ1v) is 16.2. The summed E-state index contributed by atoms with van der Waals surface area (Å²) in [5.41, 5.74) is 0.